The molecule has 4 rings (SSSR count). The Labute approximate surface area is 196 Å². The highest BCUT2D eigenvalue weighted by Gasteiger charge is 2.39. The summed E-state index contributed by atoms with van der Waals surface area (Å²) in [5, 5.41) is 13.9. The fourth-order valence-electron chi connectivity index (χ4n) is 4.44. The molecule has 0 aromatic heterocycles. The number of nitrogens with one attached hydrogen (secondary N) is 2. The van der Waals surface area contributed by atoms with Crippen LogP contribution in [0.4, 0.5) is 4.79 Å². The lowest BCUT2D eigenvalue weighted by molar-refractivity contribution is -0.151. The van der Waals surface area contributed by atoms with Gasteiger partial charge >= 0.3 is 18.0 Å². The molecule has 178 valence electrons. The van der Waals surface area contributed by atoms with Crippen LogP contribution in [0, 0.1) is 5.92 Å². The molecule has 1 saturated carbocycles. The van der Waals surface area contributed by atoms with E-state index in [1.165, 1.54) is 0 Å². The van der Waals surface area contributed by atoms with E-state index in [1.54, 1.807) is 6.92 Å². The molecule has 0 spiro atoms. The molecule has 0 radical (unpaired) electrons. The third-order valence-electron chi connectivity index (χ3n) is 6.22. The van der Waals surface area contributed by atoms with Crippen LogP contribution in [0.5, 0.6) is 0 Å². The van der Waals surface area contributed by atoms with Crippen molar-refractivity contribution in [1.82, 2.24) is 10.6 Å². The quantitative estimate of drug-likeness (QED) is 0.402. The highest BCUT2D eigenvalue weighted by molar-refractivity contribution is 6.04. The number of aliphatic carboxylic acids is 1. The summed E-state index contributed by atoms with van der Waals surface area (Å²) in [6.07, 6.45) is -0.393. The fourth-order valence-corrected chi connectivity index (χ4v) is 4.44. The zero-order valence-electron chi connectivity index (χ0n) is 18.7. The van der Waals surface area contributed by atoms with Crippen LogP contribution in [0.1, 0.15) is 36.8 Å². The Kier molecular flexibility index (Phi) is 6.81. The number of amides is 2. The lowest BCUT2D eigenvalue weighted by Gasteiger charge is -2.33. The van der Waals surface area contributed by atoms with Crippen LogP contribution in [-0.2, 0) is 23.9 Å². The van der Waals surface area contributed by atoms with E-state index < -0.39 is 35.9 Å². The average Bonchev–Trinajstić information content (AvgIpc) is 3.11. The monoisotopic (exact) mass is 466 g/mol. The van der Waals surface area contributed by atoms with E-state index in [1.807, 2.05) is 48.5 Å². The summed E-state index contributed by atoms with van der Waals surface area (Å²) >= 11 is 0. The lowest BCUT2D eigenvalue weighted by Crippen LogP contribution is -2.57. The van der Waals surface area contributed by atoms with Gasteiger partial charge in [-0.2, -0.15) is 0 Å². The van der Waals surface area contributed by atoms with Gasteiger partial charge in [-0.25, -0.2) is 9.59 Å². The predicted molar refractivity (Wildman–Crippen MR) is 121 cm³/mol. The van der Waals surface area contributed by atoms with Gasteiger partial charge < -0.3 is 19.9 Å². The Morgan fingerprint density at radius 3 is 2.12 bits per heavy atom. The van der Waals surface area contributed by atoms with E-state index in [9.17, 15) is 19.2 Å². The minimum atomic E-state index is -1.60. The molecule has 9 heteroatoms. The summed E-state index contributed by atoms with van der Waals surface area (Å²) in [4.78, 5) is 48.5. The molecular formula is C25H26N2O7. The Balaban J connectivity index is 1.39. The minimum Gasteiger partial charge on any atom is -0.481 e. The number of rotatable bonds is 8. The van der Waals surface area contributed by atoms with Gasteiger partial charge in [-0.1, -0.05) is 48.5 Å². The molecule has 1 atom stereocenters. The van der Waals surface area contributed by atoms with E-state index in [0.29, 0.717) is 0 Å². The van der Waals surface area contributed by atoms with Gasteiger partial charge in [0.15, 0.2) is 0 Å². The fraction of sp³-hybridized carbons (Fsp3) is 0.360. The first-order valence-corrected chi connectivity index (χ1v) is 11.2. The van der Waals surface area contributed by atoms with Gasteiger partial charge in [0.2, 0.25) is 6.04 Å². The number of carbonyl (C=O) groups excluding carboxylic acids is 3. The van der Waals surface area contributed by atoms with Gasteiger partial charge in [0, 0.05) is 12.0 Å². The molecule has 2 aliphatic rings. The van der Waals surface area contributed by atoms with Gasteiger partial charge in [-0.15, -0.1) is 0 Å². The molecule has 3 N–H and O–H groups in total. The van der Waals surface area contributed by atoms with Crippen molar-refractivity contribution in [2.24, 2.45) is 5.92 Å². The van der Waals surface area contributed by atoms with Gasteiger partial charge in [-0.3, -0.25) is 14.9 Å². The molecule has 2 aromatic rings. The molecule has 0 bridgehead atoms. The van der Waals surface area contributed by atoms with Crippen LogP contribution in [0.2, 0.25) is 0 Å². The Bertz CT molecular complexity index is 1060. The second-order valence-corrected chi connectivity index (χ2v) is 8.37. The third kappa shape index (κ3) is 4.73. The molecule has 0 saturated heterocycles. The van der Waals surface area contributed by atoms with Gasteiger partial charge in [0.25, 0.3) is 5.91 Å². The summed E-state index contributed by atoms with van der Waals surface area (Å²) in [6, 6.07) is 13.8. The van der Waals surface area contributed by atoms with Gasteiger partial charge in [0.05, 0.1) is 12.5 Å². The first-order chi connectivity index (χ1) is 16.4. The number of esters is 1. The standard InChI is InChI=1S/C25H26N2O7/c1-2-33-24(31)21(22(28)26-15-11-14(12-15)23(29)30)27-25(32)34-13-20-18-9-5-3-7-16(18)17-8-4-6-10-19(17)20/h3-10,14-15,20-21H,2,11-13H2,1H3,(H,26,28)(H,27,32)(H,29,30). The smallest absolute Gasteiger partial charge is 0.408 e. The van der Waals surface area contributed by atoms with Crippen LogP contribution in [0.25, 0.3) is 11.1 Å². The summed E-state index contributed by atoms with van der Waals surface area (Å²) < 4.78 is 10.4. The highest BCUT2D eigenvalue weighted by Crippen LogP contribution is 2.44. The maximum absolute atomic E-state index is 12.6. The van der Waals surface area contributed by atoms with Crippen molar-refractivity contribution in [3.05, 3.63) is 59.7 Å². The Hall–Kier alpha value is -3.88. The third-order valence-corrected chi connectivity index (χ3v) is 6.22. The molecule has 1 fully saturated rings. The number of benzene rings is 2. The molecule has 1 unspecified atom stereocenters. The first-order valence-electron chi connectivity index (χ1n) is 11.2. The molecule has 2 aliphatic carbocycles. The van der Waals surface area contributed by atoms with Crippen molar-refractivity contribution in [1.29, 1.82) is 0 Å². The van der Waals surface area contributed by atoms with E-state index in [4.69, 9.17) is 14.6 Å². The minimum absolute atomic E-state index is 0.0273. The molecule has 0 heterocycles. The second-order valence-electron chi connectivity index (χ2n) is 8.37. The van der Waals surface area contributed by atoms with E-state index >= 15 is 0 Å². The number of carboxylic acid groups (broad SMARTS) is 1. The number of hydrogen-bond acceptors (Lipinski definition) is 6. The van der Waals surface area contributed by atoms with Crippen LogP contribution >= 0.6 is 0 Å². The number of alkyl carbamates (subject to hydrolysis) is 1. The number of fused-ring (bicyclic) bond motifs is 3. The summed E-state index contributed by atoms with van der Waals surface area (Å²) in [5.74, 6) is -3.30. The molecular weight excluding hydrogens is 440 g/mol. The maximum atomic E-state index is 12.6. The number of ether oxygens (including phenoxy) is 2. The second kappa shape index (κ2) is 9.94. The van der Waals surface area contributed by atoms with Crippen molar-refractivity contribution in [3.63, 3.8) is 0 Å². The van der Waals surface area contributed by atoms with Gasteiger partial charge in [-0.05, 0) is 42.0 Å². The largest absolute Gasteiger partial charge is 0.481 e. The number of carbonyl (C=O) groups is 4. The van der Waals surface area contributed by atoms with Crippen molar-refractivity contribution >= 4 is 23.9 Å². The van der Waals surface area contributed by atoms with Crippen molar-refractivity contribution in [3.8, 4) is 11.1 Å². The topological polar surface area (TPSA) is 131 Å². The van der Waals surface area contributed by atoms with E-state index in [-0.39, 0.29) is 38.0 Å². The predicted octanol–water partition coefficient (Wildman–Crippen LogP) is 2.44. The molecule has 34 heavy (non-hydrogen) atoms. The molecule has 9 nitrogen and oxygen atoms in total. The highest BCUT2D eigenvalue weighted by atomic mass is 16.6. The van der Waals surface area contributed by atoms with Crippen molar-refractivity contribution in [2.75, 3.05) is 13.2 Å². The number of hydrogen-bond donors (Lipinski definition) is 3. The summed E-state index contributed by atoms with van der Waals surface area (Å²) in [7, 11) is 0. The van der Waals surface area contributed by atoms with Crippen molar-refractivity contribution < 1.29 is 33.8 Å². The Morgan fingerprint density at radius 1 is 0.971 bits per heavy atom. The van der Waals surface area contributed by atoms with Crippen molar-refractivity contribution in [2.45, 2.75) is 37.8 Å². The maximum Gasteiger partial charge on any atom is 0.408 e. The van der Waals surface area contributed by atoms with Crippen LogP contribution in [0.15, 0.2) is 48.5 Å². The molecule has 2 amide bonds. The van der Waals surface area contributed by atoms with Crippen LogP contribution in [-0.4, -0.2) is 54.3 Å². The Morgan fingerprint density at radius 2 is 1.56 bits per heavy atom. The van der Waals surface area contributed by atoms with E-state index in [0.717, 1.165) is 22.3 Å². The average molecular weight is 466 g/mol. The first kappa shape index (κ1) is 23.3. The summed E-state index contributed by atoms with van der Waals surface area (Å²) in [5.41, 5.74) is 4.23. The van der Waals surface area contributed by atoms with E-state index in [2.05, 4.69) is 10.6 Å². The van der Waals surface area contributed by atoms with Crippen LogP contribution in [0.3, 0.4) is 0 Å². The SMILES string of the molecule is CCOC(=O)C(NC(=O)OCC1c2ccccc2-c2ccccc21)C(=O)NC1CC(C(=O)O)C1. The number of carboxylic acids is 1. The zero-order valence-corrected chi connectivity index (χ0v) is 18.7. The summed E-state index contributed by atoms with van der Waals surface area (Å²) in [6.45, 7) is 1.64. The molecule has 0 aliphatic heterocycles. The van der Waals surface area contributed by atoms with Crippen LogP contribution < -0.4 is 10.6 Å². The molecule has 2 aromatic carbocycles. The lowest BCUT2D eigenvalue weighted by atomic mass is 9.80. The van der Waals surface area contributed by atoms with Gasteiger partial charge in [0.1, 0.15) is 6.61 Å². The normalized spacial score (nSPS) is 19.1. The zero-order chi connectivity index (χ0) is 24.2.